The third kappa shape index (κ3) is 3.70. The van der Waals surface area contributed by atoms with E-state index in [1.165, 1.54) is 34.1 Å². The number of halogens is 1. The molecular weight excluding hydrogens is 417 g/mol. The topological polar surface area (TPSA) is 73.1 Å². The average Bonchev–Trinajstić information content (AvgIpc) is 3.21. The van der Waals surface area contributed by atoms with Crippen LogP contribution in [0.1, 0.15) is 16.7 Å². The number of benzene rings is 2. The van der Waals surface area contributed by atoms with E-state index in [4.69, 9.17) is 0 Å². The highest BCUT2D eigenvalue weighted by Crippen LogP contribution is 2.20. The Kier molecular flexibility index (Phi) is 5.32. The molecule has 0 aliphatic carbocycles. The van der Waals surface area contributed by atoms with Crippen molar-refractivity contribution in [2.24, 2.45) is 0 Å². The van der Waals surface area contributed by atoms with Gasteiger partial charge in [0.2, 0.25) is 5.91 Å². The molecular formula is C23H20FN3O3S. The van der Waals surface area contributed by atoms with E-state index in [1.807, 2.05) is 32.0 Å². The fourth-order valence-corrected chi connectivity index (χ4v) is 4.39. The van der Waals surface area contributed by atoms with Crippen LogP contribution in [0, 0.1) is 26.6 Å². The number of carbonyl (C=O) groups excluding carboxylic acids is 1. The Morgan fingerprint density at radius 1 is 1.03 bits per heavy atom. The Morgan fingerprint density at radius 2 is 1.74 bits per heavy atom. The number of hydrogen-bond donors (Lipinski definition) is 1. The highest BCUT2D eigenvalue weighted by Gasteiger charge is 2.18. The Labute approximate surface area is 181 Å². The molecule has 31 heavy (non-hydrogen) atoms. The second kappa shape index (κ2) is 7.96. The molecule has 4 rings (SSSR count). The molecule has 1 amide bonds. The molecule has 0 atom stereocenters. The predicted molar refractivity (Wildman–Crippen MR) is 121 cm³/mol. The number of carbonyl (C=O) groups is 1. The van der Waals surface area contributed by atoms with Crippen LogP contribution in [0.5, 0.6) is 0 Å². The van der Waals surface area contributed by atoms with E-state index < -0.39 is 17.1 Å². The lowest BCUT2D eigenvalue weighted by atomic mass is 10.1. The minimum absolute atomic E-state index is 0.258. The minimum atomic E-state index is -0.654. The number of aryl methyl sites for hydroxylation is 3. The van der Waals surface area contributed by atoms with Crippen molar-refractivity contribution in [2.75, 3.05) is 5.32 Å². The molecule has 0 bridgehead atoms. The van der Waals surface area contributed by atoms with Crippen molar-refractivity contribution in [1.29, 1.82) is 0 Å². The van der Waals surface area contributed by atoms with Gasteiger partial charge in [0.05, 0.1) is 11.2 Å². The van der Waals surface area contributed by atoms with Crippen LogP contribution >= 0.6 is 11.3 Å². The third-order valence-electron chi connectivity index (χ3n) is 5.20. The lowest BCUT2D eigenvalue weighted by Crippen LogP contribution is -2.40. The largest absolute Gasteiger partial charge is 0.336 e. The number of nitrogens with zero attached hydrogens (tertiary/aromatic N) is 2. The van der Waals surface area contributed by atoms with E-state index in [2.05, 4.69) is 5.32 Å². The summed E-state index contributed by atoms with van der Waals surface area (Å²) >= 11 is 1.19. The van der Waals surface area contributed by atoms with Gasteiger partial charge < -0.3 is 5.32 Å². The number of fused-ring (bicyclic) bond motifs is 1. The predicted octanol–water partition coefficient (Wildman–Crippen LogP) is 3.92. The Bertz CT molecular complexity index is 1430. The number of amides is 1. The number of hydrogen-bond acceptors (Lipinski definition) is 4. The first-order valence-electron chi connectivity index (χ1n) is 9.63. The van der Waals surface area contributed by atoms with Gasteiger partial charge in [-0.25, -0.2) is 13.8 Å². The molecule has 0 radical (unpaired) electrons. The number of para-hydroxylation sites is 1. The van der Waals surface area contributed by atoms with Gasteiger partial charge in [0.15, 0.2) is 0 Å². The van der Waals surface area contributed by atoms with Gasteiger partial charge in [-0.05, 0) is 67.1 Å². The molecule has 0 saturated heterocycles. The average molecular weight is 437 g/mol. The lowest BCUT2D eigenvalue weighted by molar-refractivity contribution is -0.116. The summed E-state index contributed by atoms with van der Waals surface area (Å²) in [5.41, 5.74) is 2.34. The van der Waals surface area contributed by atoms with Crippen LogP contribution in [0.3, 0.4) is 0 Å². The molecule has 6 nitrogen and oxygen atoms in total. The first kappa shape index (κ1) is 20.7. The second-order valence-electron chi connectivity index (χ2n) is 7.39. The van der Waals surface area contributed by atoms with Gasteiger partial charge in [-0.15, -0.1) is 11.3 Å². The van der Waals surface area contributed by atoms with Crippen LogP contribution in [-0.4, -0.2) is 15.0 Å². The molecule has 0 aliphatic heterocycles. The van der Waals surface area contributed by atoms with Crippen LogP contribution in [0.15, 0.2) is 57.4 Å². The summed E-state index contributed by atoms with van der Waals surface area (Å²) in [6, 6.07) is 11.4. The Morgan fingerprint density at radius 3 is 2.42 bits per heavy atom. The normalized spacial score (nSPS) is 11.1. The zero-order valence-electron chi connectivity index (χ0n) is 17.2. The molecule has 0 unspecified atom stereocenters. The summed E-state index contributed by atoms with van der Waals surface area (Å²) in [5.74, 6) is -0.810. The SMILES string of the molecule is Cc1cc(-n2c(=O)c3sccc3n(CC(=O)Nc3c(C)cccc3C)c2=O)ccc1F. The third-order valence-corrected chi connectivity index (χ3v) is 6.09. The van der Waals surface area contributed by atoms with E-state index in [0.717, 1.165) is 15.7 Å². The number of aromatic nitrogens is 2. The number of anilines is 1. The summed E-state index contributed by atoms with van der Waals surface area (Å²) in [6.07, 6.45) is 0. The monoisotopic (exact) mass is 437 g/mol. The van der Waals surface area contributed by atoms with Crippen molar-refractivity contribution in [2.45, 2.75) is 27.3 Å². The van der Waals surface area contributed by atoms with E-state index in [-0.39, 0.29) is 18.1 Å². The molecule has 2 heterocycles. The van der Waals surface area contributed by atoms with E-state index >= 15 is 0 Å². The van der Waals surface area contributed by atoms with Crippen LogP contribution in [0.2, 0.25) is 0 Å². The summed E-state index contributed by atoms with van der Waals surface area (Å²) in [4.78, 5) is 39.1. The summed E-state index contributed by atoms with van der Waals surface area (Å²) in [5, 5.41) is 4.57. The molecule has 2 aromatic heterocycles. The van der Waals surface area contributed by atoms with Crippen LogP contribution < -0.4 is 16.6 Å². The zero-order valence-corrected chi connectivity index (χ0v) is 18.0. The van der Waals surface area contributed by atoms with Crippen molar-refractivity contribution < 1.29 is 9.18 Å². The number of rotatable bonds is 4. The number of nitrogens with one attached hydrogen (secondary N) is 1. The minimum Gasteiger partial charge on any atom is -0.324 e. The van der Waals surface area contributed by atoms with Gasteiger partial charge in [0.25, 0.3) is 5.56 Å². The second-order valence-corrected chi connectivity index (χ2v) is 8.31. The smallest absolute Gasteiger partial charge is 0.324 e. The fourth-order valence-electron chi connectivity index (χ4n) is 3.57. The molecule has 4 aromatic rings. The molecule has 2 aromatic carbocycles. The molecule has 0 aliphatic rings. The summed E-state index contributed by atoms with van der Waals surface area (Å²) < 4.78 is 16.3. The molecule has 158 valence electrons. The van der Waals surface area contributed by atoms with E-state index in [0.29, 0.717) is 21.5 Å². The Hall–Kier alpha value is -3.52. The van der Waals surface area contributed by atoms with Crippen molar-refractivity contribution in [1.82, 2.24) is 9.13 Å². The van der Waals surface area contributed by atoms with E-state index in [1.54, 1.807) is 18.4 Å². The highest BCUT2D eigenvalue weighted by atomic mass is 32.1. The first-order chi connectivity index (χ1) is 14.8. The highest BCUT2D eigenvalue weighted by molar-refractivity contribution is 7.17. The summed E-state index contributed by atoms with van der Waals surface area (Å²) in [7, 11) is 0. The van der Waals surface area contributed by atoms with Gasteiger partial charge in [-0.1, -0.05) is 18.2 Å². The fraction of sp³-hybridized carbons (Fsp3) is 0.174. The standard InChI is InChI=1S/C23H20FN3O3S/c1-13-5-4-6-14(2)20(13)25-19(28)12-26-18-9-10-31-21(18)22(29)27(23(26)30)16-7-8-17(24)15(3)11-16/h4-11H,12H2,1-3H3,(H,25,28). The first-order valence-corrected chi connectivity index (χ1v) is 10.5. The maximum atomic E-state index is 13.7. The summed E-state index contributed by atoms with van der Waals surface area (Å²) in [6.45, 7) is 5.08. The zero-order chi connectivity index (χ0) is 22.3. The van der Waals surface area contributed by atoms with Gasteiger partial charge in [0, 0.05) is 5.69 Å². The van der Waals surface area contributed by atoms with Crippen LogP contribution in [-0.2, 0) is 11.3 Å². The molecule has 8 heteroatoms. The molecule has 0 saturated carbocycles. The van der Waals surface area contributed by atoms with Gasteiger partial charge >= 0.3 is 5.69 Å². The maximum absolute atomic E-state index is 13.7. The van der Waals surface area contributed by atoms with Crippen LogP contribution in [0.25, 0.3) is 15.9 Å². The van der Waals surface area contributed by atoms with Crippen molar-refractivity contribution in [3.8, 4) is 5.69 Å². The van der Waals surface area contributed by atoms with Gasteiger partial charge in [0.1, 0.15) is 17.1 Å². The molecule has 0 spiro atoms. The molecule has 0 fully saturated rings. The maximum Gasteiger partial charge on any atom is 0.336 e. The van der Waals surface area contributed by atoms with Gasteiger partial charge in [-0.3, -0.25) is 14.2 Å². The van der Waals surface area contributed by atoms with E-state index in [9.17, 15) is 18.8 Å². The van der Waals surface area contributed by atoms with Crippen LogP contribution in [0.4, 0.5) is 10.1 Å². The van der Waals surface area contributed by atoms with Crippen molar-refractivity contribution >= 4 is 33.1 Å². The Balaban J connectivity index is 1.82. The van der Waals surface area contributed by atoms with Gasteiger partial charge in [-0.2, -0.15) is 0 Å². The quantitative estimate of drug-likeness (QED) is 0.526. The lowest BCUT2D eigenvalue weighted by Gasteiger charge is -2.14. The van der Waals surface area contributed by atoms with Crippen molar-refractivity contribution in [3.63, 3.8) is 0 Å². The van der Waals surface area contributed by atoms with Crippen molar-refractivity contribution in [3.05, 3.63) is 91.2 Å². The molecule has 1 N–H and O–H groups in total. The number of thiophene rings is 1.